The highest BCUT2D eigenvalue weighted by atomic mass is 32.1. The fraction of sp³-hybridized carbons (Fsp3) is 0.0526. The van der Waals surface area contributed by atoms with Gasteiger partial charge in [0.1, 0.15) is 28.0 Å². The number of nitriles is 1. The molecular formula is C19H14N2O3S. The zero-order chi connectivity index (χ0) is 18.0. The molecule has 0 aliphatic heterocycles. The second kappa shape index (κ2) is 6.67. The first-order valence-electron chi connectivity index (χ1n) is 7.37. The quantitative estimate of drug-likeness (QED) is 0.610. The monoisotopic (exact) mass is 350 g/mol. The minimum absolute atomic E-state index is 0.0421. The molecular weight excluding hydrogens is 336 g/mol. The Morgan fingerprint density at radius 3 is 2.36 bits per heavy atom. The lowest BCUT2D eigenvalue weighted by Gasteiger charge is -2.13. The van der Waals surface area contributed by atoms with Gasteiger partial charge in [-0.3, -0.25) is 0 Å². The summed E-state index contributed by atoms with van der Waals surface area (Å²) in [7, 11) is 1.59. The Labute approximate surface area is 149 Å². The number of hydrogen-bond donors (Lipinski definition) is 3. The van der Waals surface area contributed by atoms with Crippen molar-refractivity contribution in [1.82, 2.24) is 4.98 Å². The number of nitrogens with zero attached hydrogens (tertiary/aromatic N) is 1. The number of ether oxygens (including phenoxy) is 1. The van der Waals surface area contributed by atoms with E-state index in [-0.39, 0.29) is 16.1 Å². The van der Waals surface area contributed by atoms with Gasteiger partial charge in [-0.1, -0.05) is 24.4 Å². The molecule has 0 bridgehead atoms. The lowest BCUT2D eigenvalue weighted by atomic mass is 9.97. The van der Waals surface area contributed by atoms with Gasteiger partial charge in [0.25, 0.3) is 0 Å². The van der Waals surface area contributed by atoms with Crippen molar-refractivity contribution in [2.24, 2.45) is 0 Å². The number of H-pyrrole nitrogens is 1. The third kappa shape index (κ3) is 3.18. The van der Waals surface area contributed by atoms with Gasteiger partial charge in [0.2, 0.25) is 0 Å². The molecule has 0 unspecified atom stereocenters. The van der Waals surface area contributed by atoms with Crippen LogP contribution in [0.3, 0.4) is 0 Å². The summed E-state index contributed by atoms with van der Waals surface area (Å²) in [6.07, 6.45) is 0. The van der Waals surface area contributed by atoms with E-state index in [0.717, 1.165) is 5.56 Å². The third-order valence-corrected chi connectivity index (χ3v) is 4.14. The Morgan fingerprint density at radius 2 is 1.76 bits per heavy atom. The average Bonchev–Trinajstić information content (AvgIpc) is 2.62. The van der Waals surface area contributed by atoms with Gasteiger partial charge >= 0.3 is 0 Å². The van der Waals surface area contributed by atoms with E-state index in [4.69, 9.17) is 17.0 Å². The van der Waals surface area contributed by atoms with E-state index in [0.29, 0.717) is 28.1 Å². The summed E-state index contributed by atoms with van der Waals surface area (Å²) in [6, 6.07) is 15.4. The highest BCUT2D eigenvalue weighted by molar-refractivity contribution is 7.71. The van der Waals surface area contributed by atoms with Gasteiger partial charge in [0, 0.05) is 17.2 Å². The van der Waals surface area contributed by atoms with Crippen molar-refractivity contribution in [3.8, 4) is 45.7 Å². The molecule has 124 valence electrons. The Bertz CT molecular complexity index is 1030. The highest BCUT2D eigenvalue weighted by Gasteiger charge is 2.14. The molecule has 1 heterocycles. The molecule has 0 atom stereocenters. The molecule has 3 rings (SSSR count). The first-order chi connectivity index (χ1) is 12.0. The summed E-state index contributed by atoms with van der Waals surface area (Å²) in [6.45, 7) is 0. The summed E-state index contributed by atoms with van der Waals surface area (Å²) in [5, 5.41) is 29.0. The molecule has 3 N–H and O–H groups in total. The zero-order valence-corrected chi connectivity index (χ0v) is 14.1. The molecule has 0 aliphatic rings. The van der Waals surface area contributed by atoms with E-state index < -0.39 is 0 Å². The third-order valence-electron chi connectivity index (χ3n) is 3.81. The summed E-state index contributed by atoms with van der Waals surface area (Å²) >= 11 is 5.23. The van der Waals surface area contributed by atoms with E-state index in [9.17, 15) is 15.5 Å². The van der Waals surface area contributed by atoms with E-state index >= 15 is 0 Å². The Balaban J connectivity index is 2.28. The predicted octanol–water partition coefficient (Wildman–Crippen LogP) is 4.37. The molecule has 6 heteroatoms. The van der Waals surface area contributed by atoms with Crippen LogP contribution in [0.1, 0.15) is 5.56 Å². The van der Waals surface area contributed by atoms with Gasteiger partial charge in [-0.05, 0) is 35.9 Å². The van der Waals surface area contributed by atoms with Crippen LogP contribution in [0.2, 0.25) is 0 Å². The number of phenols is 2. The van der Waals surface area contributed by atoms with Gasteiger partial charge in [-0.15, -0.1) is 0 Å². The molecule has 3 aromatic rings. The van der Waals surface area contributed by atoms with Crippen LogP contribution < -0.4 is 4.74 Å². The number of hydrogen-bond acceptors (Lipinski definition) is 5. The van der Waals surface area contributed by atoms with Crippen molar-refractivity contribution in [3.63, 3.8) is 0 Å². The topological polar surface area (TPSA) is 89.3 Å². The van der Waals surface area contributed by atoms with Crippen LogP contribution in [-0.2, 0) is 0 Å². The van der Waals surface area contributed by atoms with Crippen molar-refractivity contribution in [3.05, 3.63) is 58.7 Å². The summed E-state index contributed by atoms with van der Waals surface area (Å²) in [4.78, 5) is 3.02. The van der Waals surface area contributed by atoms with Gasteiger partial charge in [-0.25, -0.2) is 0 Å². The molecule has 0 fully saturated rings. The number of aromatic nitrogens is 1. The van der Waals surface area contributed by atoms with Crippen molar-refractivity contribution in [2.75, 3.05) is 7.11 Å². The van der Waals surface area contributed by atoms with Crippen molar-refractivity contribution in [1.29, 1.82) is 5.26 Å². The van der Waals surface area contributed by atoms with Crippen LogP contribution >= 0.6 is 12.2 Å². The highest BCUT2D eigenvalue weighted by Crippen LogP contribution is 2.38. The number of aromatic amines is 1. The van der Waals surface area contributed by atoms with Crippen molar-refractivity contribution >= 4 is 12.2 Å². The summed E-state index contributed by atoms with van der Waals surface area (Å²) < 4.78 is 5.45. The maximum atomic E-state index is 10.2. The molecule has 2 aromatic carbocycles. The molecule has 0 aliphatic carbocycles. The minimum Gasteiger partial charge on any atom is -0.508 e. The lowest BCUT2D eigenvalue weighted by molar-refractivity contribution is 0.415. The molecule has 0 spiro atoms. The Morgan fingerprint density at radius 1 is 1.04 bits per heavy atom. The molecule has 25 heavy (non-hydrogen) atoms. The number of aromatic hydroxyl groups is 2. The number of phenolic OH excluding ortho intramolecular Hbond substituents is 2. The minimum atomic E-state index is -0.0925. The number of methoxy groups -OCH3 is 1. The number of benzene rings is 2. The van der Waals surface area contributed by atoms with Crippen LogP contribution in [-0.4, -0.2) is 22.3 Å². The second-order valence-electron chi connectivity index (χ2n) is 5.34. The van der Waals surface area contributed by atoms with Gasteiger partial charge in [0.15, 0.2) is 0 Å². The van der Waals surface area contributed by atoms with Crippen LogP contribution in [0.15, 0.2) is 48.5 Å². The first-order valence-corrected chi connectivity index (χ1v) is 7.78. The van der Waals surface area contributed by atoms with Crippen molar-refractivity contribution in [2.45, 2.75) is 0 Å². The van der Waals surface area contributed by atoms with Crippen LogP contribution in [0.5, 0.6) is 17.2 Å². The molecule has 0 saturated carbocycles. The van der Waals surface area contributed by atoms with Crippen LogP contribution in [0.25, 0.3) is 22.4 Å². The number of nitrogens with one attached hydrogen (secondary N) is 1. The van der Waals surface area contributed by atoms with Crippen molar-refractivity contribution < 1.29 is 14.9 Å². The number of pyridine rings is 1. The fourth-order valence-corrected chi connectivity index (χ4v) is 2.76. The standard InChI is InChI=1S/C19H14N2O3S/c1-24-14-5-2-11(3-6-14)16-8-12(10-20)19(25)21-18(16)15-7-4-13(22)9-17(15)23/h2-9,22-23H,1H3,(H,21,25). The van der Waals surface area contributed by atoms with E-state index in [1.807, 2.05) is 24.3 Å². The SMILES string of the molecule is COc1ccc(-c2cc(C#N)c(=S)[nH]c2-c2ccc(O)cc2O)cc1. The first kappa shape index (κ1) is 16.6. The van der Waals surface area contributed by atoms with Gasteiger partial charge < -0.3 is 19.9 Å². The molecule has 0 radical (unpaired) electrons. The van der Waals surface area contributed by atoms with Gasteiger partial charge in [0.05, 0.1) is 18.4 Å². The zero-order valence-electron chi connectivity index (χ0n) is 13.3. The van der Waals surface area contributed by atoms with E-state index in [2.05, 4.69) is 11.1 Å². The lowest BCUT2D eigenvalue weighted by Crippen LogP contribution is -1.94. The maximum Gasteiger partial charge on any atom is 0.128 e. The van der Waals surface area contributed by atoms with Crippen LogP contribution in [0.4, 0.5) is 0 Å². The van der Waals surface area contributed by atoms with E-state index in [1.54, 1.807) is 19.2 Å². The fourth-order valence-electron chi connectivity index (χ4n) is 2.56. The van der Waals surface area contributed by atoms with Gasteiger partial charge in [-0.2, -0.15) is 5.26 Å². The number of rotatable bonds is 3. The molecule has 5 nitrogen and oxygen atoms in total. The smallest absolute Gasteiger partial charge is 0.128 e. The molecule has 0 amide bonds. The summed E-state index contributed by atoms with van der Waals surface area (Å²) in [5.74, 6) is 0.576. The molecule has 1 aromatic heterocycles. The normalized spacial score (nSPS) is 10.2. The molecule has 0 saturated heterocycles. The Kier molecular flexibility index (Phi) is 4.42. The maximum absolute atomic E-state index is 10.2. The predicted molar refractivity (Wildman–Crippen MR) is 97.1 cm³/mol. The van der Waals surface area contributed by atoms with Crippen LogP contribution in [0, 0.1) is 16.0 Å². The average molecular weight is 350 g/mol. The largest absolute Gasteiger partial charge is 0.508 e. The Hall–Kier alpha value is -3.30. The van der Waals surface area contributed by atoms with E-state index in [1.165, 1.54) is 12.1 Å². The second-order valence-corrected chi connectivity index (χ2v) is 5.75. The summed E-state index contributed by atoms with van der Waals surface area (Å²) in [5.41, 5.74) is 2.90.